The van der Waals surface area contributed by atoms with Crippen LogP contribution in [0.5, 0.6) is 5.75 Å². The number of hydrogen-bond acceptors (Lipinski definition) is 2. The number of fused-ring (bicyclic) bond motifs is 5. The molecule has 116 valence electrons. The summed E-state index contributed by atoms with van der Waals surface area (Å²) in [5, 5.41) is 0. The van der Waals surface area contributed by atoms with E-state index in [-0.39, 0.29) is 0 Å². The van der Waals surface area contributed by atoms with Crippen LogP contribution < -0.4 is 9.22 Å². The summed E-state index contributed by atoms with van der Waals surface area (Å²) < 4.78 is 6.34. The van der Waals surface area contributed by atoms with Crippen molar-refractivity contribution in [2.75, 3.05) is 27.7 Å². The number of methoxy groups -OCH3 is 1. The van der Waals surface area contributed by atoms with Gasteiger partial charge in [-0.3, -0.25) is 4.48 Å². The van der Waals surface area contributed by atoms with Crippen molar-refractivity contribution in [3.05, 3.63) is 41.7 Å². The molecule has 2 atom stereocenters. The summed E-state index contributed by atoms with van der Waals surface area (Å²) in [6, 6.07) is 7.13. The van der Waals surface area contributed by atoms with Crippen LogP contribution in [0.2, 0.25) is 0 Å². The van der Waals surface area contributed by atoms with Crippen molar-refractivity contribution in [3.8, 4) is 5.75 Å². The molecule has 1 aromatic carbocycles. The van der Waals surface area contributed by atoms with Gasteiger partial charge in [-0.1, -0.05) is 6.58 Å². The highest BCUT2D eigenvalue weighted by Crippen LogP contribution is 2.54. The van der Waals surface area contributed by atoms with E-state index in [1.54, 1.807) is 18.4 Å². The van der Waals surface area contributed by atoms with Gasteiger partial charge in [-0.2, -0.15) is 0 Å². The molecule has 1 saturated heterocycles. The summed E-state index contributed by atoms with van der Waals surface area (Å²) in [6.45, 7) is 7.76. The molecule has 4 rings (SSSR count). The summed E-state index contributed by atoms with van der Waals surface area (Å²) in [7, 11) is 6.41. The zero-order valence-electron chi connectivity index (χ0n) is 14.0. The third-order valence-corrected chi connectivity index (χ3v) is 5.93. The van der Waals surface area contributed by atoms with Crippen molar-refractivity contribution in [2.24, 2.45) is 5.92 Å². The van der Waals surface area contributed by atoms with Gasteiger partial charge in [0.1, 0.15) is 17.1 Å². The lowest BCUT2D eigenvalue weighted by molar-refractivity contribution is 0.282. The Balaban J connectivity index is 1.92. The van der Waals surface area contributed by atoms with Crippen LogP contribution >= 0.6 is 0 Å². The Labute approximate surface area is 133 Å². The molecule has 0 N–H and O–H groups in total. The van der Waals surface area contributed by atoms with E-state index in [0.717, 1.165) is 29.6 Å². The summed E-state index contributed by atoms with van der Waals surface area (Å²) in [4.78, 5) is 2.52. The first kappa shape index (κ1) is 13.9. The highest BCUT2D eigenvalue weighted by molar-refractivity contribution is 5.87. The van der Waals surface area contributed by atoms with Gasteiger partial charge in [0.25, 0.3) is 0 Å². The van der Waals surface area contributed by atoms with E-state index in [2.05, 4.69) is 50.7 Å². The highest BCUT2D eigenvalue weighted by atomic mass is 16.5. The second kappa shape index (κ2) is 4.39. The zero-order valence-corrected chi connectivity index (χ0v) is 14.0. The van der Waals surface area contributed by atoms with E-state index < -0.39 is 0 Å². The molecule has 0 spiro atoms. The molecule has 0 amide bonds. The maximum absolute atomic E-state index is 5.46. The predicted molar refractivity (Wildman–Crippen MR) is 91.6 cm³/mol. The van der Waals surface area contributed by atoms with Gasteiger partial charge in [-0.15, -0.1) is 0 Å². The molecular weight excluding hydrogens is 272 g/mol. The third kappa shape index (κ3) is 1.60. The zero-order chi connectivity index (χ0) is 15.6. The van der Waals surface area contributed by atoms with Crippen molar-refractivity contribution < 1.29 is 4.74 Å². The summed E-state index contributed by atoms with van der Waals surface area (Å²) in [6.07, 6.45) is 2.21. The first-order valence-corrected chi connectivity index (χ1v) is 8.16. The topological polar surface area (TPSA) is 12.5 Å². The molecule has 3 nitrogen and oxygen atoms in total. The molecule has 3 heterocycles. The first-order chi connectivity index (χ1) is 10.4. The van der Waals surface area contributed by atoms with Crippen LogP contribution in [0.1, 0.15) is 25.3 Å². The molecule has 3 aliphatic rings. The lowest BCUT2D eigenvalue weighted by Crippen LogP contribution is -2.42. The van der Waals surface area contributed by atoms with Gasteiger partial charge in [0.05, 0.1) is 27.1 Å². The van der Waals surface area contributed by atoms with Crippen molar-refractivity contribution >= 4 is 11.3 Å². The van der Waals surface area contributed by atoms with E-state index in [0.29, 0.717) is 12.0 Å². The number of hydrogen-bond donors (Lipinski definition) is 0. The molecule has 1 aromatic rings. The van der Waals surface area contributed by atoms with Gasteiger partial charge in [0, 0.05) is 41.9 Å². The SMILES string of the molecule is C=C1CC2C3=C(CCN1C2C)c1cc(OC)ccc1[N+]3(C)C. The minimum absolute atomic E-state index is 0.564. The summed E-state index contributed by atoms with van der Waals surface area (Å²) in [5.74, 6) is 1.54. The largest absolute Gasteiger partial charge is 0.497 e. The fourth-order valence-corrected chi connectivity index (χ4v) is 4.84. The van der Waals surface area contributed by atoms with Gasteiger partial charge in [0.2, 0.25) is 0 Å². The average molecular weight is 297 g/mol. The van der Waals surface area contributed by atoms with Gasteiger partial charge in [0.15, 0.2) is 0 Å². The molecule has 2 bridgehead atoms. The van der Waals surface area contributed by atoms with Crippen LogP contribution in [0.25, 0.3) is 5.57 Å². The quantitative estimate of drug-likeness (QED) is 0.734. The van der Waals surface area contributed by atoms with Gasteiger partial charge < -0.3 is 9.64 Å². The van der Waals surface area contributed by atoms with E-state index in [1.807, 2.05) is 0 Å². The second-order valence-corrected chi connectivity index (χ2v) is 7.26. The van der Waals surface area contributed by atoms with Crippen LogP contribution in [-0.4, -0.2) is 38.7 Å². The molecule has 0 radical (unpaired) electrons. The second-order valence-electron chi connectivity index (χ2n) is 7.26. The minimum atomic E-state index is 0.564. The number of allylic oxidation sites excluding steroid dienone is 1. The standard InChI is InChI=1S/C19H25N2O/c1-12-10-16-13(2)20(12)9-8-15-17-11-14(22-5)6-7-18(17)21(3,4)19(15)16/h6-7,11,13,16H,1,8-10H2,2-5H3/q+1. The van der Waals surface area contributed by atoms with E-state index in [4.69, 9.17) is 4.74 Å². The van der Waals surface area contributed by atoms with Gasteiger partial charge in [-0.25, -0.2) is 0 Å². The van der Waals surface area contributed by atoms with Crippen LogP contribution in [0.4, 0.5) is 5.69 Å². The lowest BCUT2D eigenvalue weighted by atomic mass is 9.92. The molecule has 0 aromatic heterocycles. The van der Waals surface area contributed by atoms with Crippen LogP contribution in [0, 0.1) is 5.92 Å². The smallest absolute Gasteiger partial charge is 0.145 e. The average Bonchev–Trinajstić information content (AvgIpc) is 2.79. The lowest BCUT2D eigenvalue weighted by Gasteiger charge is -2.32. The number of benzene rings is 1. The number of rotatable bonds is 1. The maximum Gasteiger partial charge on any atom is 0.145 e. The van der Waals surface area contributed by atoms with E-state index in [1.165, 1.54) is 16.9 Å². The van der Waals surface area contributed by atoms with Gasteiger partial charge in [-0.05, 0) is 25.5 Å². The van der Waals surface area contributed by atoms with Crippen LogP contribution in [0.3, 0.4) is 0 Å². The first-order valence-electron chi connectivity index (χ1n) is 8.16. The highest BCUT2D eigenvalue weighted by Gasteiger charge is 2.50. The Bertz CT molecular complexity index is 701. The summed E-state index contributed by atoms with van der Waals surface area (Å²) >= 11 is 0. The van der Waals surface area contributed by atoms with Crippen molar-refractivity contribution in [3.63, 3.8) is 0 Å². The number of ether oxygens (including phenoxy) is 1. The van der Waals surface area contributed by atoms with Crippen molar-refractivity contribution in [1.29, 1.82) is 0 Å². The molecule has 1 fully saturated rings. The fraction of sp³-hybridized carbons (Fsp3) is 0.474. The number of quaternary nitrogens is 1. The molecule has 3 heteroatoms. The van der Waals surface area contributed by atoms with Crippen LogP contribution in [-0.2, 0) is 0 Å². The maximum atomic E-state index is 5.46. The molecule has 2 unspecified atom stereocenters. The van der Waals surface area contributed by atoms with E-state index >= 15 is 0 Å². The molecule has 0 aliphatic carbocycles. The van der Waals surface area contributed by atoms with Crippen molar-refractivity contribution in [1.82, 2.24) is 9.38 Å². The Kier molecular flexibility index (Phi) is 2.77. The third-order valence-electron chi connectivity index (χ3n) is 5.93. The van der Waals surface area contributed by atoms with Gasteiger partial charge >= 0.3 is 0 Å². The molecule has 0 saturated carbocycles. The summed E-state index contributed by atoms with van der Waals surface area (Å²) in [5.41, 5.74) is 7.26. The predicted octanol–water partition coefficient (Wildman–Crippen LogP) is 3.61. The van der Waals surface area contributed by atoms with Crippen LogP contribution in [0.15, 0.2) is 36.2 Å². The number of nitrogens with zero attached hydrogens (tertiary/aromatic N) is 2. The Morgan fingerprint density at radius 1 is 1.32 bits per heavy atom. The molecule has 3 aliphatic heterocycles. The van der Waals surface area contributed by atoms with Crippen molar-refractivity contribution in [2.45, 2.75) is 25.8 Å². The monoisotopic (exact) mass is 297 g/mol. The Morgan fingerprint density at radius 3 is 2.82 bits per heavy atom. The Morgan fingerprint density at radius 2 is 2.09 bits per heavy atom. The Hall–Kier alpha value is -1.74. The fourth-order valence-electron chi connectivity index (χ4n) is 4.84. The van der Waals surface area contributed by atoms with E-state index in [9.17, 15) is 0 Å². The molecular formula is C19H25N2O+. The molecule has 22 heavy (non-hydrogen) atoms. The normalized spacial score (nSPS) is 28.5. The minimum Gasteiger partial charge on any atom is -0.497 e.